The Labute approximate surface area is 182 Å². The molecule has 10 heteroatoms. The summed E-state index contributed by atoms with van der Waals surface area (Å²) in [6.45, 7) is 2.84. The Hall–Kier alpha value is -3.14. The number of fused-ring (bicyclic) bond motifs is 1. The molecule has 3 aromatic rings. The van der Waals surface area contributed by atoms with Crippen LogP contribution in [0.5, 0.6) is 11.6 Å². The Morgan fingerprint density at radius 1 is 1.29 bits per heavy atom. The van der Waals surface area contributed by atoms with Crippen LogP contribution in [0.4, 0.5) is 4.39 Å². The lowest BCUT2D eigenvalue weighted by atomic mass is 10.0. The van der Waals surface area contributed by atoms with Crippen molar-refractivity contribution in [3.05, 3.63) is 59.3 Å². The fraction of sp³-hybridized carbons (Fsp3) is 0.238. The predicted octanol–water partition coefficient (Wildman–Crippen LogP) is 3.00. The van der Waals surface area contributed by atoms with Gasteiger partial charge in [0.1, 0.15) is 5.75 Å². The zero-order valence-corrected chi connectivity index (χ0v) is 17.2. The normalized spacial score (nSPS) is 14.8. The first kappa shape index (κ1) is 21.1. The Kier molecular flexibility index (Phi) is 6.66. The lowest BCUT2D eigenvalue weighted by Gasteiger charge is -2.25. The maximum atomic E-state index is 14.1. The van der Waals surface area contributed by atoms with Gasteiger partial charge in [-0.3, -0.25) is 9.69 Å². The first-order chi connectivity index (χ1) is 15.1. The number of hydrogen-bond acceptors (Lipinski definition) is 7. The van der Waals surface area contributed by atoms with Gasteiger partial charge in [-0.15, -0.1) is 0 Å². The summed E-state index contributed by atoms with van der Waals surface area (Å²) in [5.74, 6) is -0.992. The Bertz CT molecular complexity index is 1120. The number of hydrazone groups is 1. The van der Waals surface area contributed by atoms with E-state index in [0.29, 0.717) is 37.6 Å². The van der Waals surface area contributed by atoms with E-state index >= 15 is 0 Å². The number of morpholine rings is 1. The van der Waals surface area contributed by atoms with Crippen molar-refractivity contribution in [3.63, 3.8) is 0 Å². The van der Waals surface area contributed by atoms with Gasteiger partial charge in [-0.2, -0.15) is 14.5 Å². The quantitative estimate of drug-likeness (QED) is 0.358. The highest BCUT2D eigenvalue weighted by molar-refractivity contribution is 6.28. The molecule has 1 aliphatic rings. The number of nitrogens with zero attached hydrogens (tertiary/aromatic N) is 4. The van der Waals surface area contributed by atoms with Gasteiger partial charge in [0.15, 0.2) is 0 Å². The van der Waals surface area contributed by atoms with Gasteiger partial charge in [0, 0.05) is 18.7 Å². The van der Waals surface area contributed by atoms with Gasteiger partial charge in [0.2, 0.25) is 11.1 Å². The van der Waals surface area contributed by atoms with E-state index in [9.17, 15) is 9.18 Å². The zero-order valence-electron chi connectivity index (χ0n) is 16.4. The second-order valence-corrected chi connectivity index (χ2v) is 7.11. The van der Waals surface area contributed by atoms with Crippen LogP contribution in [-0.4, -0.2) is 59.8 Å². The van der Waals surface area contributed by atoms with Gasteiger partial charge >= 0.3 is 0 Å². The molecule has 0 spiro atoms. The minimum Gasteiger partial charge on any atom is -0.436 e. The van der Waals surface area contributed by atoms with Gasteiger partial charge in [-0.1, -0.05) is 30.3 Å². The van der Waals surface area contributed by atoms with Crippen LogP contribution in [0.1, 0.15) is 5.56 Å². The number of aromatic nitrogens is 2. The summed E-state index contributed by atoms with van der Waals surface area (Å²) in [7, 11) is 0. The van der Waals surface area contributed by atoms with Crippen LogP contribution in [0.25, 0.3) is 10.8 Å². The third-order valence-corrected chi connectivity index (χ3v) is 4.86. The van der Waals surface area contributed by atoms with E-state index in [1.807, 2.05) is 35.2 Å². The molecule has 0 atom stereocenters. The van der Waals surface area contributed by atoms with Crippen LogP contribution in [0.3, 0.4) is 0 Å². The number of rotatable bonds is 6. The smallest absolute Gasteiger partial charge is 0.260 e. The fourth-order valence-corrected chi connectivity index (χ4v) is 3.30. The molecule has 0 radical (unpaired) electrons. The first-order valence-corrected chi connectivity index (χ1v) is 9.97. The number of carbonyl (C=O) groups is 1. The minimum absolute atomic E-state index is 0.136. The summed E-state index contributed by atoms with van der Waals surface area (Å²) in [6.07, 6.45) is 2.40. The van der Waals surface area contributed by atoms with Crippen molar-refractivity contribution in [3.8, 4) is 11.6 Å². The monoisotopic (exact) mass is 443 g/mol. The van der Waals surface area contributed by atoms with Gasteiger partial charge in [-0.25, -0.2) is 10.4 Å². The molecular weight excluding hydrogens is 425 g/mol. The lowest BCUT2D eigenvalue weighted by molar-refractivity contribution is -0.123. The highest BCUT2D eigenvalue weighted by Crippen LogP contribution is 2.31. The van der Waals surface area contributed by atoms with E-state index < -0.39 is 5.82 Å². The van der Waals surface area contributed by atoms with E-state index in [1.54, 1.807) is 6.07 Å². The number of benzene rings is 2. The van der Waals surface area contributed by atoms with E-state index in [-0.39, 0.29) is 23.6 Å². The first-order valence-electron chi connectivity index (χ1n) is 9.60. The summed E-state index contributed by atoms with van der Waals surface area (Å²) in [6, 6.07) is 11.1. The van der Waals surface area contributed by atoms with Crippen LogP contribution >= 0.6 is 11.6 Å². The number of nitrogens with one attached hydrogen (secondary N) is 1. The number of amides is 1. The van der Waals surface area contributed by atoms with Crippen LogP contribution in [-0.2, 0) is 9.53 Å². The highest BCUT2D eigenvalue weighted by Gasteiger charge is 2.15. The minimum atomic E-state index is -0.751. The molecule has 160 valence electrons. The molecule has 0 bridgehead atoms. The molecule has 2 aromatic carbocycles. The highest BCUT2D eigenvalue weighted by atomic mass is 35.5. The molecule has 1 aromatic heterocycles. The molecule has 1 saturated heterocycles. The summed E-state index contributed by atoms with van der Waals surface area (Å²) in [4.78, 5) is 21.6. The Morgan fingerprint density at radius 2 is 2.10 bits per heavy atom. The SMILES string of the molecule is O=C(CN1CCOCC1)N/N=C\c1c(Oc2nc(Cl)ncc2F)ccc2ccccc12. The molecule has 0 saturated carbocycles. The molecular formula is C21H19ClFN5O3. The number of hydrogen-bond donors (Lipinski definition) is 1. The van der Waals surface area contributed by atoms with Crippen LogP contribution in [0, 0.1) is 5.82 Å². The number of halogens is 2. The average Bonchev–Trinajstić information content (AvgIpc) is 2.78. The van der Waals surface area contributed by atoms with Gasteiger partial charge in [-0.05, 0) is 28.4 Å². The van der Waals surface area contributed by atoms with E-state index in [0.717, 1.165) is 17.0 Å². The lowest BCUT2D eigenvalue weighted by Crippen LogP contribution is -2.42. The van der Waals surface area contributed by atoms with E-state index in [2.05, 4.69) is 20.5 Å². The van der Waals surface area contributed by atoms with Crippen LogP contribution in [0.2, 0.25) is 5.28 Å². The molecule has 31 heavy (non-hydrogen) atoms. The molecule has 1 fully saturated rings. The van der Waals surface area contributed by atoms with Crippen molar-refractivity contribution in [1.29, 1.82) is 0 Å². The van der Waals surface area contributed by atoms with Gasteiger partial charge in [0.05, 0.1) is 32.2 Å². The molecule has 4 rings (SSSR count). The second-order valence-electron chi connectivity index (χ2n) is 6.77. The third kappa shape index (κ3) is 5.32. The molecule has 1 amide bonds. The van der Waals surface area contributed by atoms with Crippen molar-refractivity contribution in [2.45, 2.75) is 0 Å². The topological polar surface area (TPSA) is 88.9 Å². The Morgan fingerprint density at radius 3 is 2.94 bits per heavy atom. The average molecular weight is 444 g/mol. The molecule has 0 unspecified atom stereocenters. The van der Waals surface area contributed by atoms with Crippen molar-refractivity contribution in [1.82, 2.24) is 20.3 Å². The molecule has 0 aliphatic carbocycles. The summed E-state index contributed by atoms with van der Waals surface area (Å²) in [5, 5.41) is 5.69. The van der Waals surface area contributed by atoms with Gasteiger partial charge in [0.25, 0.3) is 11.8 Å². The van der Waals surface area contributed by atoms with Crippen molar-refractivity contribution >= 4 is 34.5 Å². The summed E-state index contributed by atoms with van der Waals surface area (Å²) < 4.78 is 25.0. The fourth-order valence-electron chi connectivity index (χ4n) is 3.17. The van der Waals surface area contributed by atoms with Gasteiger partial charge < -0.3 is 9.47 Å². The van der Waals surface area contributed by atoms with Crippen molar-refractivity contribution < 1.29 is 18.7 Å². The second kappa shape index (κ2) is 9.78. The molecule has 2 heterocycles. The maximum Gasteiger partial charge on any atom is 0.260 e. The standard InChI is InChI=1S/C21H19ClFN5O3/c22-21-24-12-17(23)20(26-21)31-18-6-5-14-3-1-2-4-15(14)16(18)11-25-27-19(29)13-28-7-9-30-10-8-28/h1-6,11-12H,7-10,13H2,(H,27,29)/b25-11-. The van der Waals surface area contributed by atoms with Crippen LogP contribution in [0.15, 0.2) is 47.7 Å². The zero-order chi connectivity index (χ0) is 21.6. The largest absolute Gasteiger partial charge is 0.436 e. The van der Waals surface area contributed by atoms with Crippen LogP contribution < -0.4 is 10.2 Å². The maximum absolute atomic E-state index is 14.1. The van der Waals surface area contributed by atoms with E-state index in [1.165, 1.54) is 6.21 Å². The van der Waals surface area contributed by atoms with E-state index in [4.69, 9.17) is 21.1 Å². The predicted molar refractivity (Wildman–Crippen MR) is 114 cm³/mol. The summed E-state index contributed by atoms with van der Waals surface area (Å²) in [5.41, 5.74) is 3.08. The molecule has 8 nitrogen and oxygen atoms in total. The third-order valence-electron chi connectivity index (χ3n) is 4.67. The molecule has 1 N–H and O–H groups in total. The summed E-state index contributed by atoms with van der Waals surface area (Å²) >= 11 is 5.76. The van der Waals surface area contributed by atoms with Crippen molar-refractivity contribution in [2.24, 2.45) is 5.10 Å². The Balaban J connectivity index is 1.57. The molecule has 1 aliphatic heterocycles. The van der Waals surface area contributed by atoms with Crippen molar-refractivity contribution in [2.75, 3.05) is 32.8 Å². The number of ether oxygens (including phenoxy) is 2. The number of carbonyl (C=O) groups excluding carboxylic acids is 1.